The number of likely N-dealkylation sites (tertiary alicyclic amines) is 1. The Morgan fingerprint density at radius 3 is 2.50 bits per heavy atom. The lowest BCUT2D eigenvalue weighted by Crippen LogP contribution is -2.42. The van der Waals surface area contributed by atoms with Gasteiger partial charge in [0.1, 0.15) is 0 Å². The first-order chi connectivity index (χ1) is 10.6. The van der Waals surface area contributed by atoms with Crippen molar-refractivity contribution < 1.29 is 9.90 Å². The number of benzene rings is 1. The molecule has 4 heteroatoms. The first-order valence-corrected chi connectivity index (χ1v) is 9.22. The van der Waals surface area contributed by atoms with Crippen LogP contribution in [0.4, 0.5) is 0 Å². The summed E-state index contributed by atoms with van der Waals surface area (Å²) in [6, 6.07) is 10.1. The maximum Gasteiger partial charge on any atom is 0.232 e. The van der Waals surface area contributed by atoms with Crippen molar-refractivity contribution in [1.29, 1.82) is 0 Å². The summed E-state index contributed by atoms with van der Waals surface area (Å²) in [4.78, 5) is 14.1. The number of aliphatic hydroxyl groups excluding tert-OH is 1. The van der Waals surface area contributed by atoms with Crippen LogP contribution in [0.15, 0.2) is 30.3 Å². The molecule has 1 fully saturated rings. The van der Waals surface area contributed by atoms with Gasteiger partial charge in [-0.1, -0.05) is 44.2 Å². The van der Waals surface area contributed by atoms with E-state index in [4.69, 9.17) is 0 Å². The topological polar surface area (TPSA) is 40.5 Å². The number of hydrogen-bond acceptors (Lipinski definition) is 3. The number of carbonyl (C=O) groups excluding carboxylic acids is 1. The molecule has 1 saturated heterocycles. The molecule has 0 unspecified atom stereocenters. The van der Waals surface area contributed by atoms with E-state index in [9.17, 15) is 9.90 Å². The Morgan fingerprint density at radius 1 is 1.27 bits per heavy atom. The molecule has 1 aliphatic rings. The van der Waals surface area contributed by atoms with E-state index in [1.807, 2.05) is 23.1 Å². The van der Waals surface area contributed by atoms with E-state index in [1.165, 1.54) is 5.56 Å². The average Bonchev–Trinajstić information content (AvgIpc) is 2.53. The monoisotopic (exact) mass is 321 g/mol. The van der Waals surface area contributed by atoms with Crippen molar-refractivity contribution >= 4 is 17.7 Å². The number of aliphatic hydroxyl groups is 1. The second kappa shape index (κ2) is 8.59. The highest BCUT2D eigenvalue weighted by molar-refractivity contribution is 8.00. The van der Waals surface area contributed by atoms with Gasteiger partial charge in [-0.25, -0.2) is 0 Å². The number of hydrogen-bond donors (Lipinski definition) is 1. The van der Waals surface area contributed by atoms with Gasteiger partial charge in [-0.2, -0.15) is 0 Å². The van der Waals surface area contributed by atoms with E-state index in [0.29, 0.717) is 23.3 Å². The highest BCUT2D eigenvalue weighted by atomic mass is 32.2. The molecule has 1 atom stereocenters. The van der Waals surface area contributed by atoms with Crippen LogP contribution < -0.4 is 0 Å². The lowest BCUT2D eigenvalue weighted by molar-refractivity contribution is -0.130. The number of amides is 1. The minimum atomic E-state index is -0.301. The lowest BCUT2D eigenvalue weighted by atomic mass is 9.88. The van der Waals surface area contributed by atoms with Crippen molar-refractivity contribution in [3.8, 4) is 0 Å². The maximum absolute atomic E-state index is 12.1. The van der Waals surface area contributed by atoms with Gasteiger partial charge < -0.3 is 10.0 Å². The van der Waals surface area contributed by atoms with Crippen LogP contribution in [0.1, 0.15) is 32.3 Å². The van der Waals surface area contributed by atoms with Gasteiger partial charge in [0.15, 0.2) is 0 Å². The zero-order chi connectivity index (χ0) is 15.9. The van der Waals surface area contributed by atoms with Crippen molar-refractivity contribution in [3.05, 3.63) is 35.9 Å². The summed E-state index contributed by atoms with van der Waals surface area (Å²) in [7, 11) is 0. The van der Waals surface area contributed by atoms with E-state index >= 15 is 0 Å². The minimum Gasteiger partial charge on any atom is -0.392 e. The average molecular weight is 321 g/mol. The van der Waals surface area contributed by atoms with Gasteiger partial charge in [0.05, 0.1) is 11.9 Å². The molecular formula is C18H27NO2S. The third-order valence-electron chi connectivity index (χ3n) is 4.26. The number of thioether (sulfide) groups is 1. The Kier molecular flexibility index (Phi) is 6.77. The Bertz CT molecular complexity index is 455. The zero-order valence-corrected chi connectivity index (χ0v) is 14.4. The van der Waals surface area contributed by atoms with Gasteiger partial charge >= 0.3 is 0 Å². The van der Waals surface area contributed by atoms with Crippen LogP contribution in [-0.4, -0.2) is 46.1 Å². The molecule has 0 aromatic heterocycles. The molecule has 1 aromatic carbocycles. The highest BCUT2D eigenvalue weighted by Crippen LogP contribution is 2.24. The molecule has 1 aromatic rings. The molecule has 2 rings (SSSR count). The normalized spacial score (nSPS) is 17.7. The van der Waals surface area contributed by atoms with Crippen LogP contribution in [0.5, 0.6) is 0 Å². The van der Waals surface area contributed by atoms with Gasteiger partial charge in [0.2, 0.25) is 5.91 Å². The molecule has 0 spiro atoms. The van der Waals surface area contributed by atoms with E-state index in [0.717, 1.165) is 25.9 Å². The van der Waals surface area contributed by atoms with E-state index in [1.54, 1.807) is 11.8 Å². The first-order valence-electron chi connectivity index (χ1n) is 8.17. The predicted octanol–water partition coefficient (Wildman–Crippen LogP) is 2.97. The van der Waals surface area contributed by atoms with Crippen LogP contribution in [0, 0.1) is 5.92 Å². The third-order valence-corrected chi connectivity index (χ3v) is 5.34. The number of rotatable bonds is 6. The molecule has 0 bridgehead atoms. The maximum atomic E-state index is 12.1. The predicted molar refractivity (Wildman–Crippen MR) is 93.1 cm³/mol. The Hall–Kier alpha value is -1.00. The molecule has 1 amide bonds. The van der Waals surface area contributed by atoms with Crippen molar-refractivity contribution in [3.63, 3.8) is 0 Å². The van der Waals surface area contributed by atoms with Gasteiger partial charge in [-0.05, 0) is 36.0 Å². The van der Waals surface area contributed by atoms with E-state index in [-0.39, 0.29) is 12.0 Å². The summed E-state index contributed by atoms with van der Waals surface area (Å²) >= 11 is 1.70. The number of carbonyl (C=O) groups is 1. The molecule has 1 aliphatic heterocycles. The zero-order valence-electron chi connectivity index (χ0n) is 13.6. The Balaban J connectivity index is 1.75. The third kappa shape index (κ3) is 5.33. The second-order valence-electron chi connectivity index (χ2n) is 6.34. The summed E-state index contributed by atoms with van der Waals surface area (Å²) in [6.45, 7) is 5.80. The summed E-state index contributed by atoms with van der Waals surface area (Å²) in [5.74, 6) is 1.13. The molecule has 0 radical (unpaired) electrons. The smallest absolute Gasteiger partial charge is 0.232 e. The Morgan fingerprint density at radius 2 is 1.91 bits per heavy atom. The number of piperidine rings is 1. The Labute approximate surface area is 138 Å². The van der Waals surface area contributed by atoms with Gasteiger partial charge in [-0.15, -0.1) is 11.8 Å². The SMILES string of the molecule is CC(C)SCC(=O)N1CCC([C@@H](O)Cc2ccccc2)CC1. The molecule has 122 valence electrons. The van der Waals surface area contributed by atoms with Crippen molar-refractivity contribution in [2.24, 2.45) is 5.92 Å². The van der Waals surface area contributed by atoms with Crippen LogP contribution in [0.25, 0.3) is 0 Å². The molecule has 22 heavy (non-hydrogen) atoms. The quantitative estimate of drug-likeness (QED) is 0.876. The fourth-order valence-corrected chi connectivity index (χ4v) is 3.54. The van der Waals surface area contributed by atoms with E-state index in [2.05, 4.69) is 26.0 Å². The summed E-state index contributed by atoms with van der Waals surface area (Å²) in [6.07, 6.45) is 2.23. The largest absolute Gasteiger partial charge is 0.392 e. The standard InChI is InChI=1S/C18H27NO2S/c1-14(2)22-13-18(21)19-10-8-16(9-11-19)17(20)12-15-6-4-3-5-7-15/h3-7,14,16-17,20H,8-13H2,1-2H3/t17-/m0/s1. The molecule has 0 saturated carbocycles. The summed E-state index contributed by atoms with van der Waals surface area (Å²) < 4.78 is 0. The summed E-state index contributed by atoms with van der Waals surface area (Å²) in [5.41, 5.74) is 1.18. The highest BCUT2D eigenvalue weighted by Gasteiger charge is 2.27. The van der Waals surface area contributed by atoms with Crippen molar-refractivity contribution in [2.75, 3.05) is 18.8 Å². The lowest BCUT2D eigenvalue weighted by Gasteiger charge is -2.34. The second-order valence-corrected chi connectivity index (χ2v) is 7.90. The molecule has 0 aliphatic carbocycles. The van der Waals surface area contributed by atoms with Gasteiger partial charge in [0, 0.05) is 13.1 Å². The van der Waals surface area contributed by atoms with Crippen LogP contribution >= 0.6 is 11.8 Å². The van der Waals surface area contributed by atoms with Crippen LogP contribution in [0.2, 0.25) is 0 Å². The van der Waals surface area contributed by atoms with Gasteiger partial charge in [-0.3, -0.25) is 4.79 Å². The molecular weight excluding hydrogens is 294 g/mol. The first kappa shape index (κ1) is 17.4. The molecule has 1 N–H and O–H groups in total. The van der Waals surface area contributed by atoms with Crippen LogP contribution in [0.3, 0.4) is 0 Å². The van der Waals surface area contributed by atoms with Crippen LogP contribution in [-0.2, 0) is 11.2 Å². The van der Waals surface area contributed by atoms with E-state index < -0.39 is 0 Å². The summed E-state index contributed by atoms with van der Waals surface area (Å²) in [5, 5.41) is 10.9. The van der Waals surface area contributed by atoms with Crippen molar-refractivity contribution in [2.45, 2.75) is 44.5 Å². The number of nitrogens with zero attached hydrogens (tertiary/aromatic N) is 1. The molecule has 3 nitrogen and oxygen atoms in total. The van der Waals surface area contributed by atoms with Gasteiger partial charge in [0.25, 0.3) is 0 Å². The minimum absolute atomic E-state index is 0.245. The molecule has 1 heterocycles. The fraction of sp³-hybridized carbons (Fsp3) is 0.611. The van der Waals surface area contributed by atoms with Crippen molar-refractivity contribution in [1.82, 2.24) is 4.90 Å². The fourth-order valence-electron chi connectivity index (χ4n) is 2.89.